The summed E-state index contributed by atoms with van der Waals surface area (Å²) in [4.78, 5) is 0.209. The van der Waals surface area contributed by atoms with Gasteiger partial charge in [0.1, 0.15) is 0 Å². The zero-order valence-electron chi connectivity index (χ0n) is 10.5. The van der Waals surface area contributed by atoms with E-state index in [1.807, 2.05) is 0 Å². The van der Waals surface area contributed by atoms with Crippen LogP contribution in [0.3, 0.4) is 0 Å². The first kappa shape index (κ1) is 13.6. The Kier molecular flexibility index (Phi) is 3.53. The van der Waals surface area contributed by atoms with E-state index in [2.05, 4.69) is 36.2 Å². The summed E-state index contributed by atoms with van der Waals surface area (Å²) in [5.41, 5.74) is 1.87. The summed E-state index contributed by atoms with van der Waals surface area (Å²) < 4.78 is 28.0. The molecule has 1 aromatic heterocycles. The van der Waals surface area contributed by atoms with Crippen LogP contribution in [-0.2, 0) is 23.0 Å². The van der Waals surface area contributed by atoms with Gasteiger partial charge in [0.25, 0.3) is 10.0 Å². The fraction of sp³-hybridized carbons (Fsp3) is 0.250. The molecule has 20 heavy (non-hydrogen) atoms. The summed E-state index contributed by atoms with van der Waals surface area (Å²) in [6.07, 6.45) is 0.822. The molecule has 8 heteroatoms. The summed E-state index contributed by atoms with van der Waals surface area (Å²) in [5.74, 6) is 0.370. The molecule has 0 atom stereocenters. The Bertz CT molecular complexity index is 724. The van der Waals surface area contributed by atoms with Crippen LogP contribution < -0.4 is 10.0 Å². The van der Waals surface area contributed by atoms with E-state index in [4.69, 9.17) is 0 Å². The fourth-order valence-electron chi connectivity index (χ4n) is 2.11. The van der Waals surface area contributed by atoms with Crippen LogP contribution in [0.2, 0.25) is 0 Å². The number of rotatable bonds is 3. The molecular weight excluding hydrogens is 344 g/mol. The molecule has 0 radical (unpaired) electrons. The van der Waals surface area contributed by atoms with Crippen LogP contribution in [-0.4, -0.2) is 25.2 Å². The molecule has 1 aromatic carbocycles. The number of nitrogens with zero attached hydrogens (tertiary/aromatic N) is 1. The highest BCUT2D eigenvalue weighted by Crippen LogP contribution is 2.23. The second kappa shape index (κ2) is 5.19. The van der Waals surface area contributed by atoms with Crippen molar-refractivity contribution in [3.8, 4) is 0 Å². The summed E-state index contributed by atoms with van der Waals surface area (Å²) in [6, 6.07) is 6.47. The third kappa shape index (κ3) is 2.58. The zero-order valence-corrected chi connectivity index (χ0v) is 12.9. The largest absolute Gasteiger partial charge is 0.312 e. The summed E-state index contributed by atoms with van der Waals surface area (Å²) in [6.45, 7) is 1.48. The van der Waals surface area contributed by atoms with Crippen LogP contribution >= 0.6 is 15.9 Å². The molecule has 1 aliphatic rings. The van der Waals surface area contributed by atoms with E-state index in [1.165, 1.54) is 0 Å². The molecule has 3 N–H and O–H groups in total. The third-order valence-corrected chi connectivity index (χ3v) is 5.04. The summed E-state index contributed by atoms with van der Waals surface area (Å²) in [5, 5.41) is 10.1. The monoisotopic (exact) mass is 356 g/mol. The Morgan fingerprint density at radius 1 is 1.25 bits per heavy atom. The number of sulfonamides is 1. The number of hydrogen-bond donors (Lipinski definition) is 3. The molecule has 0 saturated carbocycles. The Morgan fingerprint density at radius 2 is 2.00 bits per heavy atom. The van der Waals surface area contributed by atoms with Gasteiger partial charge in [0.2, 0.25) is 0 Å². The molecule has 3 rings (SSSR count). The lowest BCUT2D eigenvalue weighted by Crippen LogP contribution is -2.24. The van der Waals surface area contributed by atoms with Crippen LogP contribution in [0.5, 0.6) is 0 Å². The Hall–Kier alpha value is -1.38. The smallest absolute Gasteiger partial charge is 0.263 e. The number of hydrogen-bond acceptors (Lipinski definition) is 4. The van der Waals surface area contributed by atoms with Crippen LogP contribution in [0.4, 0.5) is 5.82 Å². The number of halogens is 1. The zero-order chi connectivity index (χ0) is 14.2. The molecule has 0 saturated heterocycles. The molecule has 6 nitrogen and oxygen atoms in total. The van der Waals surface area contributed by atoms with Crippen LogP contribution in [0.1, 0.15) is 11.3 Å². The van der Waals surface area contributed by atoms with E-state index in [0.29, 0.717) is 12.4 Å². The van der Waals surface area contributed by atoms with Crippen molar-refractivity contribution in [2.45, 2.75) is 17.9 Å². The van der Waals surface area contributed by atoms with E-state index in [0.717, 1.165) is 28.7 Å². The first-order valence-corrected chi connectivity index (χ1v) is 8.39. The van der Waals surface area contributed by atoms with E-state index < -0.39 is 10.0 Å². The highest BCUT2D eigenvalue weighted by atomic mass is 79.9. The van der Waals surface area contributed by atoms with E-state index >= 15 is 0 Å². The quantitative estimate of drug-likeness (QED) is 0.779. The third-order valence-electron chi connectivity index (χ3n) is 3.16. The molecule has 0 amide bonds. The van der Waals surface area contributed by atoms with E-state index in [-0.39, 0.29) is 4.90 Å². The van der Waals surface area contributed by atoms with Crippen molar-refractivity contribution in [3.05, 3.63) is 40.0 Å². The standard InChI is InChI=1S/C12H13BrN4O2S/c13-8-1-3-9(4-2-8)20(18,19)17-12-10-7-14-6-5-11(10)15-16-12/h1-4,14H,5-7H2,(H2,15,16,17). The van der Waals surface area contributed by atoms with Gasteiger partial charge in [-0.3, -0.25) is 9.82 Å². The second-order valence-corrected chi connectivity index (χ2v) is 7.11. The first-order chi connectivity index (χ1) is 9.56. The lowest BCUT2D eigenvalue weighted by atomic mass is 10.1. The van der Waals surface area contributed by atoms with E-state index in [9.17, 15) is 8.42 Å². The first-order valence-electron chi connectivity index (χ1n) is 6.11. The fourth-order valence-corrected chi connectivity index (χ4v) is 3.41. The number of fused-ring (bicyclic) bond motifs is 1. The van der Waals surface area contributed by atoms with Crippen LogP contribution in [0, 0.1) is 0 Å². The summed E-state index contributed by atoms with van der Waals surface area (Å²) in [7, 11) is -3.61. The predicted molar refractivity (Wildman–Crippen MR) is 78.9 cm³/mol. The number of anilines is 1. The SMILES string of the molecule is O=S(=O)(Nc1n[nH]c2c1CNCC2)c1ccc(Br)cc1. The van der Waals surface area contributed by atoms with Crippen molar-refractivity contribution in [1.29, 1.82) is 0 Å². The Morgan fingerprint density at radius 3 is 2.75 bits per heavy atom. The Balaban J connectivity index is 1.90. The summed E-state index contributed by atoms with van der Waals surface area (Å²) >= 11 is 3.28. The van der Waals surface area contributed by atoms with Gasteiger partial charge in [-0.25, -0.2) is 8.42 Å². The number of benzene rings is 1. The molecule has 0 unspecified atom stereocenters. The second-order valence-electron chi connectivity index (χ2n) is 4.52. The maximum absolute atomic E-state index is 12.3. The average molecular weight is 357 g/mol. The van der Waals surface area contributed by atoms with Gasteiger partial charge in [0.05, 0.1) is 4.90 Å². The van der Waals surface area contributed by atoms with Crippen LogP contribution in [0.25, 0.3) is 0 Å². The highest BCUT2D eigenvalue weighted by molar-refractivity contribution is 9.10. The molecule has 1 aliphatic heterocycles. The molecule has 2 heterocycles. The average Bonchev–Trinajstić information content (AvgIpc) is 2.82. The van der Waals surface area contributed by atoms with Crippen molar-refractivity contribution in [1.82, 2.24) is 15.5 Å². The predicted octanol–water partition coefficient (Wildman–Crippen LogP) is 1.62. The van der Waals surface area contributed by atoms with Gasteiger partial charge in [-0.1, -0.05) is 15.9 Å². The van der Waals surface area contributed by atoms with Gasteiger partial charge in [0.15, 0.2) is 5.82 Å². The molecule has 106 valence electrons. The number of H-pyrrole nitrogens is 1. The van der Waals surface area contributed by atoms with Crippen LogP contribution in [0.15, 0.2) is 33.6 Å². The van der Waals surface area contributed by atoms with Gasteiger partial charge in [0, 0.05) is 35.2 Å². The molecular formula is C12H13BrN4O2S. The number of aromatic amines is 1. The molecule has 0 fully saturated rings. The van der Waals surface area contributed by atoms with Crippen molar-refractivity contribution in [2.24, 2.45) is 0 Å². The molecule has 0 bridgehead atoms. The molecule has 2 aromatic rings. The van der Waals surface area contributed by atoms with Crippen molar-refractivity contribution in [2.75, 3.05) is 11.3 Å². The van der Waals surface area contributed by atoms with E-state index in [1.54, 1.807) is 24.3 Å². The lowest BCUT2D eigenvalue weighted by Gasteiger charge is -2.13. The minimum absolute atomic E-state index is 0.209. The van der Waals surface area contributed by atoms with Gasteiger partial charge in [-0.2, -0.15) is 5.10 Å². The van der Waals surface area contributed by atoms with Gasteiger partial charge < -0.3 is 5.32 Å². The van der Waals surface area contributed by atoms with Crippen molar-refractivity contribution < 1.29 is 8.42 Å². The maximum atomic E-state index is 12.3. The minimum atomic E-state index is -3.61. The Labute approximate surface area is 125 Å². The minimum Gasteiger partial charge on any atom is -0.312 e. The topological polar surface area (TPSA) is 86.9 Å². The number of nitrogens with one attached hydrogen (secondary N) is 3. The van der Waals surface area contributed by atoms with Gasteiger partial charge >= 0.3 is 0 Å². The normalized spacial score (nSPS) is 14.8. The van der Waals surface area contributed by atoms with Crippen molar-refractivity contribution >= 4 is 31.8 Å². The number of aromatic nitrogens is 2. The van der Waals surface area contributed by atoms with Gasteiger partial charge in [-0.15, -0.1) is 0 Å². The maximum Gasteiger partial charge on any atom is 0.263 e. The molecule has 0 spiro atoms. The van der Waals surface area contributed by atoms with Gasteiger partial charge in [-0.05, 0) is 24.3 Å². The van der Waals surface area contributed by atoms with Crippen molar-refractivity contribution in [3.63, 3.8) is 0 Å². The lowest BCUT2D eigenvalue weighted by molar-refractivity contribution is 0.600. The molecule has 0 aliphatic carbocycles. The highest BCUT2D eigenvalue weighted by Gasteiger charge is 2.21.